The van der Waals surface area contributed by atoms with Gasteiger partial charge in [0.15, 0.2) is 0 Å². The lowest BCUT2D eigenvalue weighted by Gasteiger charge is -2.24. The predicted molar refractivity (Wildman–Crippen MR) is 101 cm³/mol. The summed E-state index contributed by atoms with van der Waals surface area (Å²) in [5.74, 6) is 1.10. The van der Waals surface area contributed by atoms with E-state index in [1.165, 1.54) is 13.4 Å². The van der Waals surface area contributed by atoms with Gasteiger partial charge in [-0.1, -0.05) is 12.1 Å². The standard InChI is InChI=1S/C20H18N4O3/c1-26-16-9-7-13(8-10-16)17-11-18(24-20(23-17)21-12-22-24)14-3-5-15(6-4-14)19(25)27-2/h3-12,18H,1-2H3,(H,21,22,23)/t18-/m1/s1. The minimum atomic E-state index is -0.359. The molecule has 7 nitrogen and oxygen atoms in total. The van der Waals surface area contributed by atoms with E-state index in [9.17, 15) is 4.79 Å². The third-order valence-electron chi connectivity index (χ3n) is 4.48. The van der Waals surface area contributed by atoms with Crippen molar-refractivity contribution in [3.05, 3.63) is 77.6 Å². The maximum atomic E-state index is 11.7. The number of methoxy groups -OCH3 is 2. The Balaban J connectivity index is 1.71. The molecule has 0 saturated carbocycles. The van der Waals surface area contributed by atoms with Crippen molar-refractivity contribution in [2.24, 2.45) is 0 Å². The molecule has 3 aromatic rings. The number of carbonyl (C=O) groups is 1. The van der Waals surface area contributed by atoms with E-state index in [-0.39, 0.29) is 12.0 Å². The van der Waals surface area contributed by atoms with Gasteiger partial charge in [-0.3, -0.25) is 0 Å². The number of allylic oxidation sites excluding steroid dienone is 1. The lowest BCUT2D eigenvalue weighted by molar-refractivity contribution is 0.0600. The molecular weight excluding hydrogens is 344 g/mol. The zero-order valence-corrected chi connectivity index (χ0v) is 14.9. The number of rotatable bonds is 4. The Bertz CT molecular complexity index is 991. The number of carbonyl (C=O) groups excluding carboxylic acids is 1. The lowest BCUT2D eigenvalue weighted by Crippen LogP contribution is -2.20. The Morgan fingerprint density at radius 2 is 1.81 bits per heavy atom. The number of fused-ring (bicyclic) bond motifs is 1. The van der Waals surface area contributed by atoms with Crippen LogP contribution in [0.15, 0.2) is 60.9 Å². The molecule has 1 N–H and O–H groups in total. The molecule has 0 amide bonds. The highest BCUT2D eigenvalue weighted by Crippen LogP contribution is 2.32. The first-order valence-corrected chi connectivity index (χ1v) is 8.40. The highest BCUT2D eigenvalue weighted by Gasteiger charge is 2.23. The molecule has 1 aliphatic heterocycles. The van der Waals surface area contributed by atoms with Crippen LogP contribution in [0.4, 0.5) is 5.95 Å². The van der Waals surface area contributed by atoms with Crippen LogP contribution in [0.5, 0.6) is 5.75 Å². The van der Waals surface area contributed by atoms with Crippen molar-refractivity contribution in [2.45, 2.75) is 6.04 Å². The quantitative estimate of drug-likeness (QED) is 0.719. The van der Waals surface area contributed by atoms with Crippen molar-refractivity contribution in [2.75, 3.05) is 19.5 Å². The van der Waals surface area contributed by atoms with Gasteiger partial charge in [-0.05, 0) is 53.6 Å². The summed E-state index contributed by atoms with van der Waals surface area (Å²) in [6, 6.07) is 15.0. The topological polar surface area (TPSA) is 78.3 Å². The monoisotopic (exact) mass is 362 g/mol. The number of hydrogen-bond acceptors (Lipinski definition) is 6. The molecule has 7 heteroatoms. The summed E-state index contributed by atoms with van der Waals surface area (Å²) in [4.78, 5) is 16.0. The van der Waals surface area contributed by atoms with Crippen molar-refractivity contribution in [1.29, 1.82) is 0 Å². The fraction of sp³-hybridized carbons (Fsp3) is 0.150. The van der Waals surface area contributed by atoms with Gasteiger partial charge in [-0.15, -0.1) is 0 Å². The van der Waals surface area contributed by atoms with Crippen molar-refractivity contribution >= 4 is 17.6 Å². The summed E-state index contributed by atoms with van der Waals surface area (Å²) in [6.07, 6.45) is 3.60. The molecule has 1 aliphatic rings. The molecule has 2 heterocycles. The van der Waals surface area contributed by atoms with E-state index in [4.69, 9.17) is 9.47 Å². The molecule has 0 fully saturated rings. The van der Waals surface area contributed by atoms with E-state index in [0.717, 1.165) is 22.6 Å². The Labute approximate surface area is 156 Å². The van der Waals surface area contributed by atoms with Gasteiger partial charge in [0.25, 0.3) is 0 Å². The molecule has 0 aliphatic carbocycles. The Hall–Kier alpha value is -3.61. The van der Waals surface area contributed by atoms with Crippen molar-refractivity contribution in [3.63, 3.8) is 0 Å². The molecule has 2 aromatic carbocycles. The van der Waals surface area contributed by atoms with Gasteiger partial charge in [0, 0.05) is 5.70 Å². The summed E-state index contributed by atoms with van der Waals surface area (Å²) in [5.41, 5.74) is 3.44. The molecule has 1 atom stereocenters. The number of nitrogens with zero attached hydrogens (tertiary/aromatic N) is 3. The Morgan fingerprint density at radius 3 is 2.48 bits per heavy atom. The van der Waals surface area contributed by atoms with Crippen LogP contribution in [0.3, 0.4) is 0 Å². The first-order valence-electron chi connectivity index (χ1n) is 8.40. The van der Waals surface area contributed by atoms with E-state index in [1.807, 2.05) is 36.4 Å². The Morgan fingerprint density at radius 1 is 1.07 bits per heavy atom. The molecule has 0 spiro atoms. The Kier molecular flexibility index (Phi) is 4.33. The maximum Gasteiger partial charge on any atom is 0.337 e. The van der Waals surface area contributed by atoms with Gasteiger partial charge in [-0.2, -0.15) is 10.1 Å². The van der Waals surface area contributed by atoms with E-state index < -0.39 is 0 Å². The summed E-state index contributed by atoms with van der Waals surface area (Å²) in [6.45, 7) is 0. The van der Waals surface area contributed by atoms with Crippen LogP contribution in [-0.4, -0.2) is 35.0 Å². The second-order valence-corrected chi connectivity index (χ2v) is 6.02. The minimum absolute atomic E-state index is 0.146. The molecule has 1 aromatic heterocycles. The number of benzene rings is 2. The van der Waals surface area contributed by atoms with Crippen LogP contribution < -0.4 is 10.1 Å². The largest absolute Gasteiger partial charge is 0.497 e. The number of esters is 1. The third-order valence-corrected chi connectivity index (χ3v) is 4.48. The van der Waals surface area contributed by atoms with Crippen LogP contribution in [0.2, 0.25) is 0 Å². The zero-order chi connectivity index (χ0) is 18.8. The van der Waals surface area contributed by atoms with Crippen molar-refractivity contribution < 1.29 is 14.3 Å². The highest BCUT2D eigenvalue weighted by atomic mass is 16.5. The summed E-state index contributed by atoms with van der Waals surface area (Å²) >= 11 is 0. The number of ether oxygens (including phenoxy) is 2. The first-order chi connectivity index (χ1) is 13.2. The second kappa shape index (κ2) is 6.95. The normalized spacial score (nSPS) is 15.3. The van der Waals surface area contributed by atoms with E-state index in [1.54, 1.807) is 23.9 Å². The van der Waals surface area contributed by atoms with E-state index in [2.05, 4.69) is 21.5 Å². The van der Waals surface area contributed by atoms with Gasteiger partial charge in [0.2, 0.25) is 5.95 Å². The average Bonchev–Trinajstić information content (AvgIpc) is 3.21. The fourth-order valence-corrected chi connectivity index (χ4v) is 3.04. The van der Waals surface area contributed by atoms with E-state index in [0.29, 0.717) is 11.5 Å². The predicted octanol–water partition coefficient (Wildman–Crippen LogP) is 3.13. The summed E-state index contributed by atoms with van der Waals surface area (Å²) in [5, 5.41) is 7.64. The second-order valence-electron chi connectivity index (χ2n) is 6.02. The SMILES string of the molecule is COC(=O)c1ccc([C@H]2C=C(c3ccc(OC)cc3)Nc3ncnn32)cc1. The van der Waals surface area contributed by atoms with Crippen LogP contribution in [0, 0.1) is 0 Å². The number of nitrogens with one attached hydrogen (secondary N) is 1. The molecule has 0 unspecified atom stereocenters. The average molecular weight is 362 g/mol. The van der Waals surface area contributed by atoms with Crippen LogP contribution in [0.25, 0.3) is 5.70 Å². The summed E-state index contributed by atoms with van der Waals surface area (Å²) in [7, 11) is 3.01. The summed E-state index contributed by atoms with van der Waals surface area (Å²) < 4.78 is 11.8. The molecule has 136 valence electrons. The van der Waals surface area contributed by atoms with Gasteiger partial charge < -0.3 is 14.8 Å². The lowest BCUT2D eigenvalue weighted by atomic mass is 10.0. The van der Waals surface area contributed by atoms with Crippen LogP contribution in [0.1, 0.15) is 27.5 Å². The zero-order valence-electron chi connectivity index (χ0n) is 14.9. The molecule has 27 heavy (non-hydrogen) atoms. The third kappa shape index (κ3) is 3.15. The van der Waals surface area contributed by atoms with Crippen molar-refractivity contribution in [1.82, 2.24) is 14.8 Å². The molecular formula is C20H18N4O3. The highest BCUT2D eigenvalue weighted by molar-refractivity contribution is 5.89. The van der Waals surface area contributed by atoms with Gasteiger partial charge >= 0.3 is 5.97 Å². The molecule has 0 bridgehead atoms. The molecule has 0 saturated heterocycles. The smallest absolute Gasteiger partial charge is 0.337 e. The van der Waals surface area contributed by atoms with Gasteiger partial charge in [0.05, 0.1) is 19.8 Å². The molecule has 4 rings (SSSR count). The minimum Gasteiger partial charge on any atom is -0.497 e. The number of anilines is 1. The van der Waals surface area contributed by atoms with E-state index >= 15 is 0 Å². The maximum absolute atomic E-state index is 11.7. The van der Waals surface area contributed by atoms with Crippen molar-refractivity contribution in [3.8, 4) is 5.75 Å². The fourth-order valence-electron chi connectivity index (χ4n) is 3.04. The van der Waals surface area contributed by atoms with Gasteiger partial charge in [-0.25, -0.2) is 9.48 Å². The number of aromatic nitrogens is 3. The first kappa shape index (κ1) is 16.8. The van der Waals surface area contributed by atoms with Crippen LogP contribution >= 0.6 is 0 Å². The molecule has 0 radical (unpaired) electrons. The number of hydrogen-bond donors (Lipinski definition) is 1. The van der Waals surface area contributed by atoms with Crippen LogP contribution in [-0.2, 0) is 4.74 Å². The van der Waals surface area contributed by atoms with Gasteiger partial charge in [0.1, 0.15) is 18.1 Å².